The summed E-state index contributed by atoms with van der Waals surface area (Å²) in [6.07, 6.45) is 18.0. The highest BCUT2D eigenvalue weighted by Crippen LogP contribution is 2.28. The molecule has 0 radical (unpaired) electrons. The summed E-state index contributed by atoms with van der Waals surface area (Å²) >= 11 is 8.22. The Balaban J connectivity index is 1.30. The lowest BCUT2D eigenvalue weighted by Gasteiger charge is -2.15. The van der Waals surface area contributed by atoms with Crippen LogP contribution in [0.4, 0.5) is 5.69 Å². The van der Waals surface area contributed by atoms with Gasteiger partial charge in [-0.05, 0) is 41.7 Å². The van der Waals surface area contributed by atoms with Crippen LogP contribution in [0.3, 0.4) is 0 Å². The Bertz CT molecular complexity index is 981. The fraction of sp³-hybridized carbons (Fsp3) is 0.516. The van der Waals surface area contributed by atoms with Crippen LogP contribution in [0.25, 0.3) is 0 Å². The number of anilines is 1. The number of unbranched alkanes of at least 4 members (excludes halogenated alkanes) is 11. The number of nitrogens with one attached hydrogen (secondary N) is 1. The van der Waals surface area contributed by atoms with E-state index in [0.717, 1.165) is 30.2 Å². The minimum absolute atomic E-state index is 0.166. The van der Waals surface area contributed by atoms with Gasteiger partial charge in [-0.1, -0.05) is 101 Å². The number of hydrogen-bond acceptors (Lipinski definition) is 4. The summed E-state index contributed by atoms with van der Waals surface area (Å²) in [7, 11) is 0. The van der Waals surface area contributed by atoms with E-state index >= 15 is 0 Å². The van der Waals surface area contributed by atoms with Gasteiger partial charge >= 0.3 is 0 Å². The van der Waals surface area contributed by atoms with Gasteiger partial charge in [-0.3, -0.25) is 4.79 Å². The van der Waals surface area contributed by atoms with E-state index in [1.54, 1.807) is 17.8 Å². The van der Waals surface area contributed by atoms with Gasteiger partial charge in [-0.25, -0.2) is 0 Å². The maximum Gasteiger partial charge on any atom is 0.255 e. The molecule has 0 aliphatic carbocycles. The van der Waals surface area contributed by atoms with Crippen molar-refractivity contribution < 1.29 is 9.53 Å². The lowest BCUT2D eigenvalue weighted by atomic mass is 10.1. The minimum Gasteiger partial charge on any atom is -0.494 e. The second-order valence-electron chi connectivity index (χ2n) is 9.86. The molecule has 2 aromatic carbocycles. The summed E-state index contributed by atoms with van der Waals surface area (Å²) < 4.78 is 5.89. The Morgan fingerprint density at radius 3 is 2.30 bits per heavy atom. The second kappa shape index (κ2) is 17.4. The van der Waals surface area contributed by atoms with Crippen molar-refractivity contribution in [2.45, 2.75) is 90.5 Å². The first-order valence-corrected chi connectivity index (χ1v) is 15.4. The summed E-state index contributed by atoms with van der Waals surface area (Å²) in [6.45, 7) is 3.75. The van der Waals surface area contributed by atoms with Crippen molar-refractivity contribution in [3.8, 4) is 5.75 Å². The molecule has 0 fully saturated rings. The molecule has 3 rings (SSSR count). The molecule has 6 heteroatoms. The molecule has 0 bridgehead atoms. The molecule has 2 aromatic rings. The van der Waals surface area contributed by atoms with E-state index in [9.17, 15) is 4.79 Å². The number of amides is 1. The van der Waals surface area contributed by atoms with Crippen LogP contribution < -0.4 is 10.1 Å². The van der Waals surface area contributed by atoms with Gasteiger partial charge in [0.25, 0.3) is 5.91 Å². The molecule has 1 heterocycles. The fourth-order valence-corrected chi connectivity index (χ4v) is 5.40. The van der Waals surface area contributed by atoms with Crippen LogP contribution in [0.15, 0.2) is 54.1 Å². The van der Waals surface area contributed by atoms with Crippen LogP contribution >= 0.6 is 23.4 Å². The predicted octanol–water partition coefficient (Wildman–Crippen LogP) is 9.65. The smallest absolute Gasteiger partial charge is 0.255 e. The molecule has 1 aliphatic heterocycles. The maximum absolute atomic E-state index is 12.8. The molecule has 202 valence electrons. The van der Waals surface area contributed by atoms with E-state index in [4.69, 9.17) is 16.3 Å². The second-order valence-corrected chi connectivity index (χ2v) is 11.1. The Morgan fingerprint density at radius 2 is 1.65 bits per heavy atom. The van der Waals surface area contributed by atoms with E-state index in [0.29, 0.717) is 22.9 Å². The molecule has 0 saturated carbocycles. The number of rotatable bonds is 18. The summed E-state index contributed by atoms with van der Waals surface area (Å²) in [5.41, 5.74) is 2.32. The van der Waals surface area contributed by atoms with E-state index in [1.165, 1.54) is 70.6 Å². The van der Waals surface area contributed by atoms with Crippen molar-refractivity contribution in [3.05, 3.63) is 70.2 Å². The highest BCUT2D eigenvalue weighted by Gasteiger charge is 2.12. The molecule has 4 nitrogen and oxygen atoms in total. The molecule has 1 N–H and O–H groups in total. The zero-order valence-corrected chi connectivity index (χ0v) is 23.9. The average Bonchev–Trinajstić information content (AvgIpc) is 3.41. The average molecular weight is 543 g/mol. The third-order valence-corrected chi connectivity index (χ3v) is 7.75. The van der Waals surface area contributed by atoms with E-state index in [-0.39, 0.29) is 5.91 Å². The molecule has 0 unspecified atom stereocenters. The van der Waals surface area contributed by atoms with Gasteiger partial charge in [0.05, 0.1) is 23.2 Å². The van der Waals surface area contributed by atoms with Crippen LogP contribution in [-0.2, 0) is 6.54 Å². The Labute approximate surface area is 233 Å². The first-order chi connectivity index (χ1) is 18.2. The Kier molecular flexibility index (Phi) is 13.9. The quantitative estimate of drug-likeness (QED) is 0.190. The highest BCUT2D eigenvalue weighted by molar-refractivity contribution is 8.02. The number of thioether (sulfide) groups is 1. The minimum atomic E-state index is -0.166. The third-order valence-electron chi connectivity index (χ3n) is 6.64. The van der Waals surface area contributed by atoms with Crippen molar-refractivity contribution in [1.29, 1.82) is 0 Å². The summed E-state index contributed by atoms with van der Waals surface area (Å²) in [4.78, 5) is 15.0. The predicted molar refractivity (Wildman–Crippen MR) is 160 cm³/mol. The van der Waals surface area contributed by atoms with Crippen LogP contribution in [0.2, 0.25) is 5.02 Å². The van der Waals surface area contributed by atoms with Gasteiger partial charge in [0.2, 0.25) is 0 Å². The first kappa shape index (κ1) is 29.4. The number of hydrogen-bond donors (Lipinski definition) is 1. The molecule has 0 saturated heterocycles. The van der Waals surface area contributed by atoms with Gasteiger partial charge in [-0.15, -0.1) is 11.8 Å². The van der Waals surface area contributed by atoms with Gasteiger partial charge in [-0.2, -0.15) is 0 Å². The monoisotopic (exact) mass is 542 g/mol. The van der Waals surface area contributed by atoms with Gasteiger partial charge < -0.3 is 15.0 Å². The Hall–Kier alpha value is -2.11. The van der Waals surface area contributed by atoms with Crippen LogP contribution in [0.5, 0.6) is 5.75 Å². The lowest BCUT2D eigenvalue weighted by molar-refractivity contribution is 0.102. The maximum atomic E-state index is 12.8. The zero-order chi connectivity index (χ0) is 26.1. The van der Waals surface area contributed by atoms with Gasteiger partial charge in [0, 0.05) is 24.4 Å². The third kappa shape index (κ3) is 11.4. The number of carbonyl (C=O) groups is 1. The van der Waals surface area contributed by atoms with Crippen molar-refractivity contribution in [1.82, 2.24) is 4.90 Å². The van der Waals surface area contributed by atoms with Crippen LogP contribution in [-0.4, -0.2) is 23.3 Å². The standard InChI is InChI=1S/C31H43ClN2O2S/c1-2-3-4-5-6-7-8-9-10-11-12-13-20-36-28-17-18-30(29(32)23-28)33-31(35)27-16-14-15-26(22-27)24-34-19-21-37-25-34/h14-19,21-23H,2-13,20,24-25H2,1H3,(H,33,35). The fourth-order valence-electron chi connectivity index (χ4n) is 4.47. The molecule has 0 aromatic heterocycles. The number of benzene rings is 2. The molecule has 1 amide bonds. The number of halogens is 1. The number of carbonyl (C=O) groups excluding carboxylic acids is 1. The van der Waals surface area contributed by atoms with E-state index < -0.39 is 0 Å². The van der Waals surface area contributed by atoms with Gasteiger partial charge in [0.1, 0.15) is 5.75 Å². The van der Waals surface area contributed by atoms with Crippen LogP contribution in [0.1, 0.15) is 99.9 Å². The molecular formula is C31H43ClN2O2S. The van der Waals surface area contributed by atoms with Crippen LogP contribution in [0, 0.1) is 0 Å². The molecular weight excluding hydrogens is 500 g/mol. The van der Waals surface area contributed by atoms with Gasteiger partial charge in [0.15, 0.2) is 0 Å². The summed E-state index contributed by atoms with van der Waals surface area (Å²) in [6, 6.07) is 13.2. The number of ether oxygens (including phenoxy) is 1. The zero-order valence-electron chi connectivity index (χ0n) is 22.4. The molecule has 1 aliphatic rings. The lowest BCUT2D eigenvalue weighted by Crippen LogP contribution is -2.15. The van der Waals surface area contributed by atoms with Crippen molar-refractivity contribution in [2.75, 3.05) is 17.8 Å². The Morgan fingerprint density at radius 1 is 0.946 bits per heavy atom. The van der Waals surface area contributed by atoms with E-state index in [1.807, 2.05) is 36.4 Å². The number of nitrogens with zero attached hydrogens (tertiary/aromatic N) is 1. The molecule has 37 heavy (non-hydrogen) atoms. The molecule has 0 atom stereocenters. The van der Waals surface area contributed by atoms with Crippen molar-refractivity contribution >= 4 is 35.0 Å². The summed E-state index contributed by atoms with van der Waals surface area (Å²) in [5, 5.41) is 5.50. The van der Waals surface area contributed by atoms with Crippen molar-refractivity contribution in [2.24, 2.45) is 0 Å². The summed E-state index contributed by atoms with van der Waals surface area (Å²) in [5.74, 6) is 1.52. The highest BCUT2D eigenvalue weighted by atomic mass is 35.5. The molecule has 0 spiro atoms. The topological polar surface area (TPSA) is 41.6 Å². The normalized spacial score (nSPS) is 12.8. The first-order valence-electron chi connectivity index (χ1n) is 14.0. The SMILES string of the molecule is CCCCCCCCCCCCCCOc1ccc(NC(=O)c2cccc(CN3C=CSC3)c2)c(Cl)c1. The largest absolute Gasteiger partial charge is 0.494 e. The van der Waals surface area contributed by atoms with Crippen molar-refractivity contribution in [3.63, 3.8) is 0 Å². The van der Waals surface area contributed by atoms with E-state index in [2.05, 4.69) is 28.7 Å².